The number of halogens is 1. The highest BCUT2D eigenvalue weighted by molar-refractivity contribution is 5.76. The van der Waals surface area contributed by atoms with Gasteiger partial charge in [-0.2, -0.15) is 0 Å². The van der Waals surface area contributed by atoms with Crippen molar-refractivity contribution in [1.29, 1.82) is 0 Å². The van der Waals surface area contributed by atoms with Gasteiger partial charge in [-0.3, -0.25) is 4.79 Å². The molecule has 1 amide bonds. The lowest BCUT2D eigenvalue weighted by Crippen LogP contribution is -2.23. The van der Waals surface area contributed by atoms with E-state index in [1.807, 2.05) is 30.3 Å². The van der Waals surface area contributed by atoms with Crippen molar-refractivity contribution < 1.29 is 13.6 Å². The minimum Gasteiger partial charge on any atom is -0.419 e. The summed E-state index contributed by atoms with van der Waals surface area (Å²) >= 11 is 0. The molecule has 0 spiro atoms. The van der Waals surface area contributed by atoms with E-state index in [1.165, 1.54) is 12.1 Å². The quantitative estimate of drug-likeness (QED) is 0.756. The summed E-state index contributed by atoms with van der Waals surface area (Å²) < 4.78 is 18.3. The molecule has 3 aromatic rings. The van der Waals surface area contributed by atoms with Crippen LogP contribution in [0.15, 0.2) is 59.0 Å². The highest BCUT2D eigenvalue weighted by Gasteiger charge is 2.09. The first-order valence-electron chi connectivity index (χ1n) is 7.59. The molecule has 2 aromatic carbocycles. The Kier molecular flexibility index (Phi) is 4.96. The van der Waals surface area contributed by atoms with Crippen molar-refractivity contribution in [3.05, 3.63) is 71.9 Å². The van der Waals surface area contributed by atoms with Crippen molar-refractivity contribution in [1.82, 2.24) is 15.5 Å². The number of benzene rings is 2. The summed E-state index contributed by atoms with van der Waals surface area (Å²) in [6.07, 6.45) is 0.858. The molecule has 0 aliphatic carbocycles. The van der Waals surface area contributed by atoms with Gasteiger partial charge in [-0.1, -0.05) is 30.3 Å². The number of nitrogens with zero attached hydrogens (tertiary/aromatic N) is 2. The number of rotatable bonds is 6. The van der Waals surface area contributed by atoms with Crippen molar-refractivity contribution in [2.24, 2.45) is 0 Å². The van der Waals surface area contributed by atoms with E-state index in [1.54, 1.807) is 12.1 Å². The minimum absolute atomic E-state index is 0.126. The molecule has 0 atom stereocenters. The molecule has 0 saturated heterocycles. The van der Waals surface area contributed by atoms with Crippen LogP contribution in [0.1, 0.15) is 17.9 Å². The van der Waals surface area contributed by atoms with Gasteiger partial charge in [0, 0.05) is 12.0 Å². The molecular weight excluding hydrogens is 309 g/mol. The van der Waals surface area contributed by atoms with Gasteiger partial charge in [-0.15, -0.1) is 10.2 Å². The molecule has 0 unspecified atom stereocenters. The van der Waals surface area contributed by atoms with Crippen molar-refractivity contribution in [3.8, 4) is 11.5 Å². The van der Waals surface area contributed by atoms with E-state index >= 15 is 0 Å². The van der Waals surface area contributed by atoms with Gasteiger partial charge >= 0.3 is 0 Å². The average Bonchev–Trinajstić information content (AvgIpc) is 3.09. The third-order valence-electron chi connectivity index (χ3n) is 3.48. The van der Waals surface area contributed by atoms with Crippen LogP contribution < -0.4 is 5.32 Å². The molecule has 0 fully saturated rings. The second kappa shape index (κ2) is 7.50. The smallest absolute Gasteiger partial charge is 0.247 e. The fraction of sp³-hybridized carbons (Fsp3) is 0.167. The fourth-order valence-electron chi connectivity index (χ4n) is 2.19. The number of aryl methyl sites for hydroxylation is 1. The highest BCUT2D eigenvalue weighted by Crippen LogP contribution is 2.16. The van der Waals surface area contributed by atoms with E-state index in [0.717, 1.165) is 11.1 Å². The zero-order valence-corrected chi connectivity index (χ0v) is 12.9. The Bertz CT molecular complexity index is 801. The van der Waals surface area contributed by atoms with Gasteiger partial charge in [-0.05, 0) is 36.2 Å². The maximum atomic E-state index is 12.8. The molecular formula is C18H16FN3O2. The lowest BCUT2D eigenvalue weighted by atomic mass is 10.1. The summed E-state index contributed by atoms with van der Waals surface area (Å²) in [5.74, 6) is 0.364. The topological polar surface area (TPSA) is 68.0 Å². The van der Waals surface area contributed by atoms with Crippen LogP contribution in [0.25, 0.3) is 11.5 Å². The first-order valence-corrected chi connectivity index (χ1v) is 7.59. The average molecular weight is 325 g/mol. The van der Waals surface area contributed by atoms with Gasteiger partial charge in [0.05, 0.1) is 6.54 Å². The normalized spacial score (nSPS) is 10.5. The maximum Gasteiger partial charge on any atom is 0.247 e. The Labute approximate surface area is 138 Å². The molecule has 24 heavy (non-hydrogen) atoms. The summed E-state index contributed by atoms with van der Waals surface area (Å²) in [6, 6.07) is 15.5. The lowest BCUT2D eigenvalue weighted by Gasteiger charge is -2.03. The molecule has 122 valence electrons. The molecule has 0 radical (unpaired) electrons. The molecule has 3 rings (SSSR count). The first-order chi connectivity index (χ1) is 11.7. The Morgan fingerprint density at radius 1 is 1.04 bits per heavy atom. The first kappa shape index (κ1) is 15.9. The molecule has 1 aromatic heterocycles. The van der Waals surface area contributed by atoms with Gasteiger partial charge in [0.1, 0.15) is 5.82 Å². The standard InChI is InChI=1S/C18H16FN3O2/c19-15-9-6-13(7-10-15)8-11-16(23)20-12-17-21-22-18(24-17)14-4-2-1-3-5-14/h1-7,9-10H,8,11-12H2,(H,20,23). The third-order valence-corrected chi connectivity index (χ3v) is 3.48. The summed E-state index contributed by atoms with van der Waals surface area (Å²) in [7, 11) is 0. The SMILES string of the molecule is O=C(CCc1ccc(F)cc1)NCc1nnc(-c2ccccc2)o1. The number of carbonyl (C=O) groups is 1. The van der Waals surface area contributed by atoms with E-state index in [4.69, 9.17) is 4.42 Å². The third kappa shape index (κ3) is 4.25. The van der Waals surface area contributed by atoms with Crippen LogP contribution in [0.2, 0.25) is 0 Å². The maximum absolute atomic E-state index is 12.8. The number of carbonyl (C=O) groups excluding carboxylic acids is 1. The minimum atomic E-state index is -0.284. The molecule has 0 aliphatic heterocycles. The van der Waals surface area contributed by atoms with Crippen LogP contribution in [0.5, 0.6) is 0 Å². The molecule has 0 bridgehead atoms. The Morgan fingerprint density at radius 3 is 2.54 bits per heavy atom. The number of hydrogen-bond donors (Lipinski definition) is 1. The van der Waals surface area contributed by atoms with Crippen molar-refractivity contribution >= 4 is 5.91 Å². The monoisotopic (exact) mass is 325 g/mol. The predicted molar refractivity (Wildman–Crippen MR) is 86.3 cm³/mol. The second-order valence-electron chi connectivity index (χ2n) is 5.27. The van der Waals surface area contributed by atoms with Gasteiger partial charge in [0.2, 0.25) is 17.7 Å². The van der Waals surface area contributed by atoms with Crippen LogP contribution in [0.4, 0.5) is 4.39 Å². The van der Waals surface area contributed by atoms with E-state index in [2.05, 4.69) is 15.5 Å². The Hall–Kier alpha value is -3.02. The summed E-state index contributed by atoms with van der Waals surface area (Å²) in [6.45, 7) is 0.183. The molecule has 1 heterocycles. The number of aromatic nitrogens is 2. The van der Waals surface area contributed by atoms with Crippen molar-refractivity contribution in [2.75, 3.05) is 0 Å². The van der Waals surface area contributed by atoms with E-state index in [9.17, 15) is 9.18 Å². The predicted octanol–water partition coefficient (Wildman–Crippen LogP) is 3.12. The lowest BCUT2D eigenvalue weighted by molar-refractivity contribution is -0.121. The largest absolute Gasteiger partial charge is 0.419 e. The Morgan fingerprint density at radius 2 is 1.79 bits per heavy atom. The zero-order chi connectivity index (χ0) is 16.8. The van der Waals surface area contributed by atoms with Crippen LogP contribution in [0.3, 0.4) is 0 Å². The Balaban J connectivity index is 1.48. The van der Waals surface area contributed by atoms with E-state index in [0.29, 0.717) is 24.6 Å². The summed E-state index contributed by atoms with van der Waals surface area (Å²) in [5.41, 5.74) is 1.74. The molecule has 6 heteroatoms. The van der Waals surface area contributed by atoms with E-state index in [-0.39, 0.29) is 18.3 Å². The summed E-state index contributed by atoms with van der Waals surface area (Å²) in [5, 5.41) is 10.6. The van der Waals surface area contributed by atoms with Crippen LogP contribution in [0, 0.1) is 5.82 Å². The molecule has 0 saturated carbocycles. The van der Waals surface area contributed by atoms with Gasteiger partial charge < -0.3 is 9.73 Å². The molecule has 0 aliphatic rings. The summed E-state index contributed by atoms with van der Waals surface area (Å²) in [4.78, 5) is 11.9. The molecule has 1 N–H and O–H groups in total. The van der Waals surface area contributed by atoms with E-state index < -0.39 is 0 Å². The number of nitrogens with one attached hydrogen (secondary N) is 1. The van der Waals surface area contributed by atoms with Gasteiger partial charge in [-0.25, -0.2) is 4.39 Å². The molecule has 5 nitrogen and oxygen atoms in total. The van der Waals surface area contributed by atoms with Crippen LogP contribution in [-0.4, -0.2) is 16.1 Å². The fourth-order valence-corrected chi connectivity index (χ4v) is 2.19. The number of hydrogen-bond acceptors (Lipinski definition) is 4. The van der Waals surface area contributed by atoms with Crippen molar-refractivity contribution in [3.63, 3.8) is 0 Å². The van der Waals surface area contributed by atoms with Crippen LogP contribution in [-0.2, 0) is 17.8 Å². The van der Waals surface area contributed by atoms with Crippen molar-refractivity contribution in [2.45, 2.75) is 19.4 Å². The highest BCUT2D eigenvalue weighted by atomic mass is 19.1. The van der Waals surface area contributed by atoms with Gasteiger partial charge in [0.15, 0.2) is 0 Å². The second-order valence-corrected chi connectivity index (χ2v) is 5.27. The number of amides is 1. The van der Waals surface area contributed by atoms with Gasteiger partial charge in [0.25, 0.3) is 0 Å². The van der Waals surface area contributed by atoms with Crippen LogP contribution >= 0.6 is 0 Å². The zero-order valence-electron chi connectivity index (χ0n) is 12.9.